The number of anilines is 1. The van der Waals surface area contributed by atoms with Gasteiger partial charge in [0.25, 0.3) is 0 Å². The Bertz CT molecular complexity index is 623. The maximum absolute atomic E-state index is 11.6. The van der Waals surface area contributed by atoms with Crippen LogP contribution in [0.15, 0.2) is 30.3 Å². The average Bonchev–Trinajstić information content (AvgIpc) is 2.47. The zero-order valence-electron chi connectivity index (χ0n) is 11.3. The van der Waals surface area contributed by atoms with Crippen molar-refractivity contribution in [2.45, 2.75) is 12.5 Å². The SMILES string of the molecule is COc1nc(Cl)nc(N[C@@H](Cc2ccccc2)C(N)=O)n1. The number of hydrogen-bond acceptors (Lipinski definition) is 6. The first-order valence-corrected chi connectivity index (χ1v) is 6.51. The van der Waals surface area contributed by atoms with Crippen LogP contribution in [0.25, 0.3) is 0 Å². The Morgan fingerprint density at radius 3 is 2.67 bits per heavy atom. The predicted octanol–water partition coefficient (Wildman–Crippen LogP) is 1.04. The lowest BCUT2D eigenvalue weighted by atomic mass is 10.1. The third kappa shape index (κ3) is 4.28. The number of carbonyl (C=O) groups is 1. The Morgan fingerprint density at radius 1 is 1.33 bits per heavy atom. The van der Waals surface area contributed by atoms with Crippen molar-refractivity contribution in [2.75, 3.05) is 12.4 Å². The molecule has 0 radical (unpaired) electrons. The first kappa shape index (κ1) is 15.0. The van der Waals surface area contributed by atoms with E-state index in [4.69, 9.17) is 22.1 Å². The highest BCUT2D eigenvalue weighted by Gasteiger charge is 2.18. The first-order chi connectivity index (χ1) is 10.1. The highest BCUT2D eigenvalue weighted by Crippen LogP contribution is 2.13. The van der Waals surface area contributed by atoms with Crippen molar-refractivity contribution in [1.82, 2.24) is 15.0 Å². The van der Waals surface area contributed by atoms with Crippen molar-refractivity contribution >= 4 is 23.5 Å². The minimum atomic E-state index is -0.671. The van der Waals surface area contributed by atoms with Gasteiger partial charge in [-0.15, -0.1) is 0 Å². The molecule has 3 N–H and O–H groups in total. The molecule has 0 fully saturated rings. The smallest absolute Gasteiger partial charge is 0.322 e. The zero-order chi connectivity index (χ0) is 15.2. The molecule has 0 spiro atoms. The third-order valence-electron chi connectivity index (χ3n) is 2.70. The van der Waals surface area contributed by atoms with Crippen molar-refractivity contribution in [2.24, 2.45) is 5.73 Å². The van der Waals surface area contributed by atoms with E-state index >= 15 is 0 Å². The molecule has 21 heavy (non-hydrogen) atoms. The number of benzene rings is 1. The molecule has 1 amide bonds. The first-order valence-electron chi connectivity index (χ1n) is 6.14. The number of hydrogen-bond donors (Lipinski definition) is 2. The van der Waals surface area contributed by atoms with Gasteiger partial charge in [0.05, 0.1) is 7.11 Å². The fourth-order valence-corrected chi connectivity index (χ4v) is 1.87. The molecular weight excluding hydrogens is 294 g/mol. The summed E-state index contributed by atoms with van der Waals surface area (Å²) in [4.78, 5) is 23.2. The van der Waals surface area contributed by atoms with Crippen molar-refractivity contribution < 1.29 is 9.53 Å². The van der Waals surface area contributed by atoms with Crippen LogP contribution >= 0.6 is 11.6 Å². The summed E-state index contributed by atoms with van der Waals surface area (Å²) in [6, 6.07) is 8.85. The number of methoxy groups -OCH3 is 1. The number of rotatable bonds is 6. The van der Waals surface area contributed by atoms with E-state index in [1.54, 1.807) is 0 Å². The molecule has 1 heterocycles. The van der Waals surface area contributed by atoms with Crippen LogP contribution in [0.2, 0.25) is 5.28 Å². The van der Waals surface area contributed by atoms with Crippen LogP contribution in [0, 0.1) is 0 Å². The summed E-state index contributed by atoms with van der Waals surface area (Å²) >= 11 is 5.75. The van der Waals surface area contributed by atoms with Gasteiger partial charge >= 0.3 is 6.01 Å². The van der Waals surface area contributed by atoms with E-state index in [1.165, 1.54) is 7.11 Å². The predicted molar refractivity (Wildman–Crippen MR) is 78.1 cm³/mol. The summed E-state index contributed by atoms with van der Waals surface area (Å²) in [7, 11) is 1.41. The van der Waals surface area contributed by atoms with Crippen LogP contribution in [0.4, 0.5) is 5.95 Å². The summed E-state index contributed by atoms with van der Waals surface area (Å²) < 4.78 is 4.89. The van der Waals surface area contributed by atoms with Crippen LogP contribution < -0.4 is 15.8 Å². The van der Waals surface area contributed by atoms with E-state index in [9.17, 15) is 4.79 Å². The van der Waals surface area contributed by atoms with E-state index < -0.39 is 11.9 Å². The molecule has 0 aliphatic heterocycles. The fraction of sp³-hybridized carbons (Fsp3) is 0.231. The Morgan fingerprint density at radius 2 is 2.05 bits per heavy atom. The molecule has 7 nitrogen and oxygen atoms in total. The molecule has 0 saturated carbocycles. The molecule has 2 aromatic rings. The molecule has 0 unspecified atom stereocenters. The number of nitrogens with one attached hydrogen (secondary N) is 1. The van der Waals surface area contributed by atoms with E-state index in [0.29, 0.717) is 6.42 Å². The number of carbonyl (C=O) groups excluding carboxylic acids is 1. The Balaban J connectivity index is 2.16. The lowest BCUT2D eigenvalue weighted by Crippen LogP contribution is -2.37. The zero-order valence-corrected chi connectivity index (χ0v) is 12.0. The second-order valence-corrected chi connectivity index (χ2v) is 4.54. The van der Waals surface area contributed by atoms with Crippen LogP contribution in [0.1, 0.15) is 5.56 Å². The molecule has 110 valence electrons. The summed E-state index contributed by atoms with van der Waals surface area (Å²) in [5, 5.41) is 2.81. The fourth-order valence-electron chi connectivity index (χ4n) is 1.72. The largest absolute Gasteiger partial charge is 0.467 e. The number of aromatic nitrogens is 3. The van der Waals surface area contributed by atoms with Gasteiger partial charge in [-0.25, -0.2) is 0 Å². The topological polar surface area (TPSA) is 103 Å². The second-order valence-electron chi connectivity index (χ2n) is 4.20. The Labute approximate surface area is 126 Å². The number of ether oxygens (including phenoxy) is 1. The summed E-state index contributed by atoms with van der Waals surface area (Å²) in [5.74, 6) is -0.388. The molecular formula is C13H14ClN5O2. The number of primary amides is 1. The maximum Gasteiger partial charge on any atom is 0.322 e. The van der Waals surface area contributed by atoms with Gasteiger partial charge in [0.1, 0.15) is 6.04 Å². The van der Waals surface area contributed by atoms with Gasteiger partial charge in [0, 0.05) is 6.42 Å². The number of nitrogens with two attached hydrogens (primary N) is 1. The molecule has 1 aromatic carbocycles. The number of amides is 1. The van der Waals surface area contributed by atoms with Gasteiger partial charge in [-0.1, -0.05) is 30.3 Å². The van der Waals surface area contributed by atoms with Crippen LogP contribution in [-0.2, 0) is 11.2 Å². The van der Waals surface area contributed by atoms with Gasteiger partial charge in [0.15, 0.2) is 0 Å². The summed E-state index contributed by atoms with van der Waals surface area (Å²) in [5.41, 5.74) is 6.36. The summed E-state index contributed by atoms with van der Waals surface area (Å²) in [6.07, 6.45) is 0.405. The standard InChI is InChI=1S/C13H14ClN5O2/c1-21-13-18-11(14)17-12(19-13)16-9(10(15)20)7-8-5-3-2-4-6-8/h2-6,9H,7H2,1H3,(H2,15,20)(H,16,17,18,19)/t9-/m0/s1. The second kappa shape index (κ2) is 6.85. The molecule has 8 heteroatoms. The van der Waals surface area contributed by atoms with E-state index in [2.05, 4.69) is 20.3 Å². The van der Waals surface area contributed by atoms with Gasteiger partial charge in [-0.2, -0.15) is 15.0 Å². The normalized spacial score (nSPS) is 11.7. The number of nitrogens with zero attached hydrogens (tertiary/aromatic N) is 3. The van der Waals surface area contributed by atoms with Gasteiger partial charge in [-0.05, 0) is 17.2 Å². The van der Waals surface area contributed by atoms with Crippen molar-refractivity contribution in [3.05, 3.63) is 41.2 Å². The Hall–Kier alpha value is -2.41. The minimum Gasteiger partial charge on any atom is -0.467 e. The summed E-state index contributed by atoms with van der Waals surface area (Å²) in [6.45, 7) is 0. The molecule has 0 aliphatic rings. The lowest BCUT2D eigenvalue weighted by molar-refractivity contribution is -0.118. The molecule has 2 rings (SSSR count). The molecule has 1 atom stereocenters. The van der Waals surface area contributed by atoms with Gasteiger partial charge in [0.2, 0.25) is 17.1 Å². The van der Waals surface area contributed by atoms with Crippen LogP contribution in [0.5, 0.6) is 6.01 Å². The minimum absolute atomic E-state index is 0.0349. The highest BCUT2D eigenvalue weighted by atomic mass is 35.5. The van der Waals surface area contributed by atoms with E-state index in [0.717, 1.165) is 5.56 Å². The van der Waals surface area contributed by atoms with Crippen molar-refractivity contribution in [1.29, 1.82) is 0 Å². The van der Waals surface area contributed by atoms with Gasteiger partial charge < -0.3 is 15.8 Å². The molecule has 0 bridgehead atoms. The van der Waals surface area contributed by atoms with Crippen LogP contribution in [0.3, 0.4) is 0 Å². The molecule has 1 aromatic heterocycles. The quantitative estimate of drug-likeness (QED) is 0.826. The van der Waals surface area contributed by atoms with Crippen LogP contribution in [-0.4, -0.2) is 34.0 Å². The van der Waals surface area contributed by atoms with Crippen molar-refractivity contribution in [3.8, 4) is 6.01 Å². The molecule has 0 aliphatic carbocycles. The monoisotopic (exact) mass is 307 g/mol. The average molecular weight is 308 g/mol. The van der Waals surface area contributed by atoms with E-state index in [1.807, 2.05) is 30.3 Å². The maximum atomic E-state index is 11.6. The third-order valence-corrected chi connectivity index (χ3v) is 2.87. The van der Waals surface area contributed by atoms with Crippen molar-refractivity contribution in [3.63, 3.8) is 0 Å². The number of halogens is 1. The van der Waals surface area contributed by atoms with E-state index in [-0.39, 0.29) is 17.2 Å². The molecule has 0 saturated heterocycles. The lowest BCUT2D eigenvalue weighted by Gasteiger charge is -2.15. The Kier molecular flexibility index (Phi) is 4.89. The van der Waals surface area contributed by atoms with Gasteiger partial charge in [-0.3, -0.25) is 4.79 Å². The highest BCUT2D eigenvalue weighted by molar-refractivity contribution is 6.28.